The van der Waals surface area contributed by atoms with Crippen molar-refractivity contribution in [1.82, 2.24) is 5.32 Å². The molecule has 4 nitrogen and oxygen atoms in total. The standard InChI is InChI=1S/C17H18Cl2N2.C2H4O2/c18-14-7-3-8-15(19)17(14)21-16-9-2-1-5-12(16)11-13-6-4-10-20-13;1-2(3)4/h1-3,5,7-9,13,20-21H,4,6,10-11H2;1H3,(H,3,4). The molecule has 0 aromatic heterocycles. The molecule has 1 aliphatic heterocycles. The molecule has 0 aliphatic carbocycles. The summed E-state index contributed by atoms with van der Waals surface area (Å²) in [5.74, 6) is -0.833. The van der Waals surface area contributed by atoms with Crippen molar-refractivity contribution in [2.45, 2.75) is 32.2 Å². The topological polar surface area (TPSA) is 61.4 Å². The molecule has 3 N–H and O–H groups in total. The minimum atomic E-state index is -0.833. The summed E-state index contributed by atoms with van der Waals surface area (Å²) >= 11 is 12.5. The molecule has 2 aromatic carbocycles. The highest BCUT2D eigenvalue weighted by Gasteiger charge is 2.16. The number of halogens is 2. The van der Waals surface area contributed by atoms with Crippen molar-refractivity contribution in [2.24, 2.45) is 0 Å². The van der Waals surface area contributed by atoms with Crippen LogP contribution in [0, 0.1) is 0 Å². The van der Waals surface area contributed by atoms with Crippen LogP contribution in [0.5, 0.6) is 0 Å². The van der Waals surface area contributed by atoms with Crippen LogP contribution in [-0.4, -0.2) is 23.7 Å². The number of rotatable bonds is 4. The van der Waals surface area contributed by atoms with Gasteiger partial charge in [-0.1, -0.05) is 47.5 Å². The predicted octanol–water partition coefficient (Wildman–Crippen LogP) is 5.12. The number of carbonyl (C=O) groups is 1. The van der Waals surface area contributed by atoms with Crippen molar-refractivity contribution in [3.63, 3.8) is 0 Å². The quantitative estimate of drug-likeness (QED) is 0.688. The first kappa shape index (κ1) is 19.6. The van der Waals surface area contributed by atoms with E-state index in [2.05, 4.69) is 28.8 Å². The van der Waals surface area contributed by atoms with E-state index in [0.717, 1.165) is 31.3 Å². The Labute approximate surface area is 158 Å². The van der Waals surface area contributed by atoms with Gasteiger partial charge < -0.3 is 15.7 Å². The Bertz CT molecular complexity index is 692. The van der Waals surface area contributed by atoms with Gasteiger partial charge in [0.2, 0.25) is 0 Å². The zero-order valence-corrected chi connectivity index (χ0v) is 15.6. The summed E-state index contributed by atoms with van der Waals surface area (Å²) in [5.41, 5.74) is 3.13. The molecular weight excluding hydrogens is 359 g/mol. The van der Waals surface area contributed by atoms with E-state index in [1.165, 1.54) is 18.4 Å². The van der Waals surface area contributed by atoms with Crippen LogP contribution in [0.15, 0.2) is 42.5 Å². The third kappa shape index (κ3) is 6.24. The van der Waals surface area contributed by atoms with Crippen molar-refractivity contribution in [3.8, 4) is 0 Å². The second-order valence-corrected chi connectivity index (χ2v) is 6.71. The molecule has 1 aliphatic rings. The summed E-state index contributed by atoms with van der Waals surface area (Å²) in [7, 11) is 0. The number of carboxylic acids is 1. The van der Waals surface area contributed by atoms with Gasteiger partial charge >= 0.3 is 0 Å². The van der Waals surface area contributed by atoms with Crippen LogP contribution >= 0.6 is 23.2 Å². The molecule has 0 saturated carbocycles. The highest BCUT2D eigenvalue weighted by atomic mass is 35.5. The first-order valence-electron chi connectivity index (χ1n) is 8.19. The summed E-state index contributed by atoms with van der Waals surface area (Å²) in [5, 5.41) is 15.6. The maximum atomic E-state index is 9.00. The molecule has 3 rings (SSSR count). The average Bonchev–Trinajstić information content (AvgIpc) is 3.05. The van der Waals surface area contributed by atoms with Crippen molar-refractivity contribution >= 4 is 40.5 Å². The van der Waals surface area contributed by atoms with Crippen molar-refractivity contribution in [1.29, 1.82) is 0 Å². The lowest BCUT2D eigenvalue weighted by atomic mass is 10.0. The number of nitrogens with one attached hydrogen (secondary N) is 2. The normalized spacial score (nSPS) is 16.0. The Kier molecular flexibility index (Phi) is 7.56. The lowest BCUT2D eigenvalue weighted by Gasteiger charge is -2.17. The summed E-state index contributed by atoms with van der Waals surface area (Å²) in [4.78, 5) is 9.00. The van der Waals surface area contributed by atoms with Gasteiger partial charge in [-0.3, -0.25) is 4.79 Å². The Morgan fingerprint density at radius 3 is 2.44 bits per heavy atom. The van der Waals surface area contributed by atoms with E-state index in [0.29, 0.717) is 16.1 Å². The van der Waals surface area contributed by atoms with Crippen LogP contribution in [0.25, 0.3) is 0 Å². The SMILES string of the molecule is CC(=O)O.Clc1cccc(Cl)c1Nc1ccccc1CC1CCCN1. The third-order valence-electron chi connectivity index (χ3n) is 3.87. The van der Waals surface area contributed by atoms with E-state index in [1.54, 1.807) is 0 Å². The molecule has 25 heavy (non-hydrogen) atoms. The Morgan fingerprint density at radius 1 is 1.20 bits per heavy atom. The van der Waals surface area contributed by atoms with Crippen LogP contribution in [0.4, 0.5) is 11.4 Å². The van der Waals surface area contributed by atoms with Crippen LogP contribution < -0.4 is 10.6 Å². The van der Waals surface area contributed by atoms with E-state index in [-0.39, 0.29) is 0 Å². The molecule has 134 valence electrons. The van der Waals surface area contributed by atoms with E-state index in [4.69, 9.17) is 33.1 Å². The first-order valence-corrected chi connectivity index (χ1v) is 8.95. The molecular formula is C19H22Cl2N2O2. The van der Waals surface area contributed by atoms with Crippen molar-refractivity contribution in [3.05, 3.63) is 58.1 Å². The predicted molar refractivity (Wildman–Crippen MR) is 104 cm³/mol. The number of hydrogen-bond donors (Lipinski definition) is 3. The van der Waals surface area contributed by atoms with Crippen molar-refractivity contribution < 1.29 is 9.90 Å². The Hall–Kier alpha value is -1.75. The van der Waals surface area contributed by atoms with E-state index in [9.17, 15) is 0 Å². The Balaban J connectivity index is 0.000000511. The number of aliphatic carboxylic acids is 1. The third-order valence-corrected chi connectivity index (χ3v) is 4.50. The summed E-state index contributed by atoms with van der Waals surface area (Å²) < 4.78 is 0. The van der Waals surface area contributed by atoms with Gasteiger partial charge in [-0.05, 0) is 49.6 Å². The lowest BCUT2D eigenvalue weighted by Crippen LogP contribution is -2.23. The molecule has 0 radical (unpaired) electrons. The van der Waals surface area contributed by atoms with Gasteiger partial charge in [-0.2, -0.15) is 0 Å². The number of benzene rings is 2. The van der Waals surface area contributed by atoms with E-state index >= 15 is 0 Å². The van der Waals surface area contributed by atoms with Crippen LogP contribution in [-0.2, 0) is 11.2 Å². The van der Waals surface area contributed by atoms with Crippen LogP contribution in [0.1, 0.15) is 25.3 Å². The average molecular weight is 381 g/mol. The molecule has 0 spiro atoms. The van der Waals surface area contributed by atoms with Gasteiger partial charge in [-0.25, -0.2) is 0 Å². The molecule has 1 saturated heterocycles. The van der Waals surface area contributed by atoms with E-state index in [1.807, 2.05) is 24.3 Å². The number of carboxylic acid groups (broad SMARTS) is 1. The van der Waals surface area contributed by atoms with Gasteiger partial charge in [-0.15, -0.1) is 0 Å². The fourth-order valence-corrected chi connectivity index (χ4v) is 3.26. The van der Waals surface area contributed by atoms with Crippen LogP contribution in [0.2, 0.25) is 10.0 Å². The highest BCUT2D eigenvalue weighted by Crippen LogP contribution is 2.34. The summed E-state index contributed by atoms with van der Waals surface area (Å²) in [6.07, 6.45) is 3.52. The fraction of sp³-hybridized carbons (Fsp3) is 0.316. The zero-order valence-electron chi connectivity index (χ0n) is 14.1. The molecule has 6 heteroatoms. The molecule has 1 unspecified atom stereocenters. The van der Waals surface area contributed by atoms with Gasteiger partial charge in [0.15, 0.2) is 0 Å². The zero-order chi connectivity index (χ0) is 18.2. The van der Waals surface area contributed by atoms with Crippen LogP contribution in [0.3, 0.4) is 0 Å². The maximum absolute atomic E-state index is 9.00. The second-order valence-electron chi connectivity index (χ2n) is 5.90. The molecule has 1 fully saturated rings. The summed E-state index contributed by atoms with van der Waals surface area (Å²) in [6.45, 7) is 2.20. The highest BCUT2D eigenvalue weighted by molar-refractivity contribution is 6.39. The molecule has 0 amide bonds. The van der Waals surface area contributed by atoms with Gasteiger partial charge in [0.05, 0.1) is 15.7 Å². The molecule has 2 aromatic rings. The second kappa shape index (κ2) is 9.66. The van der Waals surface area contributed by atoms with E-state index < -0.39 is 5.97 Å². The number of para-hydroxylation sites is 2. The van der Waals surface area contributed by atoms with Gasteiger partial charge in [0.1, 0.15) is 0 Å². The lowest BCUT2D eigenvalue weighted by molar-refractivity contribution is -0.134. The van der Waals surface area contributed by atoms with Gasteiger partial charge in [0, 0.05) is 18.7 Å². The molecule has 1 heterocycles. The summed E-state index contributed by atoms with van der Waals surface area (Å²) in [6, 6.07) is 14.4. The number of anilines is 2. The molecule has 0 bridgehead atoms. The maximum Gasteiger partial charge on any atom is 0.300 e. The fourth-order valence-electron chi connectivity index (χ4n) is 2.77. The minimum absolute atomic E-state index is 0.565. The van der Waals surface area contributed by atoms with Gasteiger partial charge in [0.25, 0.3) is 5.97 Å². The largest absolute Gasteiger partial charge is 0.481 e. The monoisotopic (exact) mass is 380 g/mol. The smallest absolute Gasteiger partial charge is 0.300 e. The Morgan fingerprint density at radius 2 is 1.84 bits per heavy atom. The first-order chi connectivity index (χ1) is 12.0. The number of hydrogen-bond acceptors (Lipinski definition) is 3. The van der Waals surface area contributed by atoms with Crippen molar-refractivity contribution in [2.75, 3.05) is 11.9 Å². The minimum Gasteiger partial charge on any atom is -0.481 e. The molecule has 1 atom stereocenters.